The van der Waals surface area contributed by atoms with Crippen LogP contribution < -0.4 is 10.5 Å². The second-order valence-corrected chi connectivity index (χ2v) is 3.97. The fourth-order valence-corrected chi connectivity index (χ4v) is 1.59. The van der Waals surface area contributed by atoms with Crippen molar-refractivity contribution in [2.45, 2.75) is 26.7 Å². The molecule has 0 fully saturated rings. The summed E-state index contributed by atoms with van der Waals surface area (Å²) in [6.07, 6.45) is 2.17. The lowest BCUT2D eigenvalue weighted by Crippen LogP contribution is -2.17. The Morgan fingerprint density at radius 1 is 1.35 bits per heavy atom. The Hall–Kier alpha value is -1.71. The number of rotatable bonds is 6. The van der Waals surface area contributed by atoms with Gasteiger partial charge in [-0.05, 0) is 18.1 Å². The van der Waals surface area contributed by atoms with Crippen molar-refractivity contribution < 1.29 is 9.94 Å². The van der Waals surface area contributed by atoms with Crippen LogP contribution >= 0.6 is 0 Å². The van der Waals surface area contributed by atoms with Gasteiger partial charge in [0.1, 0.15) is 5.75 Å². The van der Waals surface area contributed by atoms with E-state index in [-0.39, 0.29) is 5.84 Å². The molecule has 0 atom stereocenters. The van der Waals surface area contributed by atoms with Gasteiger partial charge in [-0.15, -0.1) is 0 Å². The Kier molecular flexibility index (Phi) is 5.33. The molecule has 0 bridgehead atoms. The van der Waals surface area contributed by atoms with Crippen LogP contribution in [0.15, 0.2) is 29.4 Å². The summed E-state index contributed by atoms with van der Waals surface area (Å²) in [5.74, 6) is 1.27. The summed E-state index contributed by atoms with van der Waals surface area (Å²) in [6, 6.07) is 7.31. The van der Waals surface area contributed by atoms with Gasteiger partial charge in [0, 0.05) is 0 Å². The highest BCUT2D eigenvalue weighted by Crippen LogP contribution is 2.19. The van der Waals surface area contributed by atoms with Gasteiger partial charge in [-0.1, -0.05) is 44.0 Å². The number of hydrogen-bond donors (Lipinski definition) is 2. The topological polar surface area (TPSA) is 67.8 Å². The van der Waals surface area contributed by atoms with Crippen LogP contribution in [0.3, 0.4) is 0 Å². The summed E-state index contributed by atoms with van der Waals surface area (Å²) in [5.41, 5.74) is 6.21. The molecule has 1 rings (SSSR count). The molecule has 0 spiro atoms. The molecule has 3 N–H and O–H groups in total. The lowest BCUT2D eigenvalue weighted by Gasteiger charge is -2.15. The van der Waals surface area contributed by atoms with E-state index < -0.39 is 0 Å². The molecule has 0 aromatic heterocycles. The van der Waals surface area contributed by atoms with E-state index in [9.17, 15) is 0 Å². The van der Waals surface area contributed by atoms with Crippen molar-refractivity contribution in [2.75, 3.05) is 6.61 Å². The van der Waals surface area contributed by atoms with Gasteiger partial charge in [-0.2, -0.15) is 0 Å². The van der Waals surface area contributed by atoms with Gasteiger partial charge in [-0.3, -0.25) is 0 Å². The Labute approximate surface area is 102 Å². The minimum atomic E-state index is 0.0742. The highest BCUT2D eigenvalue weighted by atomic mass is 16.5. The predicted molar refractivity (Wildman–Crippen MR) is 68.5 cm³/mol. The third-order valence-electron chi connectivity index (χ3n) is 2.90. The second kappa shape index (κ2) is 6.78. The zero-order chi connectivity index (χ0) is 12.7. The molecule has 94 valence electrons. The van der Waals surface area contributed by atoms with Crippen LogP contribution in [-0.4, -0.2) is 17.6 Å². The molecule has 4 heteroatoms. The fraction of sp³-hybridized carbons (Fsp3) is 0.462. The molecule has 0 unspecified atom stereocenters. The van der Waals surface area contributed by atoms with Crippen LogP contribution in [0, 0.1) is 5.92 Å². The predicted octanol–water partition coefficient (Wildman–Crippen LogP) is 2.60. The van der Waals surface area contributed by atoms with Gasteiger partial charge in [-0.25, -0.2) is 0 Å². The summed E-state index contributed by atoms with van der Waals surface area (Å²) in [7, 11) is 0. The maximum Gasteiger partial charge on any atom is 0.173 e. The van der Waals surface area contributed by atoms with E-state index in [2.05, 4.69) is 19.0 Å². The highest BCUT2D eigenvalue weighted by Gasteiger charge is 2.09. The quantitative estimate of drug-likeness (QED) is 0.345. The van der Waals surface area contributed by atoms with Gasteiger partial charge >= 0.3 is 0 Å². The first-order chi connectivity index (χ1) is 8.22. The lowest BCUT2D eigenvalue weighted by molar-refractivity contribution is 0.240. The largest absolute Gasteiger partial charge is 0.493 e. The molecule has 0 aliphatic carbocycles. The molecule has 1 aromatic rings. The molecule has 0 heterocycles. The first-order valence-electron chi connectivity index (χ1n) is 5.92. The maximum atomic E-state index is 8.69. The molecule has 1 aromatic carbocycles. The van der Waals surface area contributed by atoms with Crippen molar-refractivity contribution in [3.05, 3.63) is 29.8 Å². The van der Waals surface area contributed by atoms with Gasteiger partial charge < -0.3 is 15.7 Å². The molecule has 0 saturated carbocycles. The molecule has 4 nitrogen and oxygen atoms in total. The number of nitrogens with two attached hydrogens (primary N) is 1. The first-order valence-corrected chi connectivity index (χ1v) is 5.92. The summed E-state index contributed by atoms with van der Waals surface area (Å²) in [5, 5.41) is 11.7. The lowest BCUT2D eigenvalue weighted by atomic mass is 10.1. The van der Waals surface area contributed by atoms with E-state index in [0.29, 0.717) is 23.8 Å². The fourth-order valence-electron chi connectivity index (χ4n) is 1.59. The highest BCUT2D eigenvalue weighted by molar-refractivity contribution is 5.99. The van der Waals surface area contributed by atoms with Crippen LogP contribution in [0.5, 0.6) is 5.75 Å². The molecule has 0 radical (unpaired) electrons. The van der Waals surface area contributed by atoms with E-state index >= 15 is 0 Å². The molecule has 0 amide bonds. The van der Waals surface area contributed by atoms with E-state index in [1.165, 1.54) is 0 Å². The van der Waals surface area contributed by atoms with Gasteiger partial charge in [0.2, 0.25) is 0 Å². The smallest absolute Gasteiger partial charge is 0.173 e. The summed E-state index contributed by atoms with van der Waals surface area (Å²) in [4.78, 5) is 0. The minimum absolute atomic E-state index is 0.0742. The van der Waals surface area contributed by atoms with Crippen molar-refractivity contribution in [1.29, 1.82) is 0 Å². The molecule has 0 aliphatic rings. The SMILES string of the molecule is CCC(CC)COc1ccccc1/C(N)=N/O. The van der Waals surface area contributed by atoms with Crippen LogP contribution in [0.1, 0.15) is 32.3 Å². The standard InChI is InChI=1S/C13H20N2O2/c1-3-10(4-2)9-17-12-8-6-5-7-11(12)13(14)15-16/h5-8,10,16H,3-4,9H2,1-2H3,(H2,14,15). The minimum Gasteiger partial charge on any atom is -0.493 e. The van der Waals surface area contributed by atoms with Gasteiger partial charge in [0.05, 0.1) is 12.2 Å². The van der Waals surface area contributed by atoms with E-state index in [1.807, 2.05) is 18.2 Å². The Morgan fingerprint density at radius 2 is 2.00 bits per heavy atom. The number of nitrogens with zero attached hydrogens (tertiary/aromatic N) is 1. The Balaban J connectivity index is 2.77. The van der Waals surface area contributed by atoms with Crippen LogP contribution in [-0.2, 0) is 0 Å². The number of hydrogen-bond acceptors (Lipinski definition) is 3. The van der Waals surface area contributed by atoms with Crippen molar-refractivity contribution >= 4 is 5.84 Å². The Bertz CT molecular complexity index is 373. The number of para-hydroxylation sites is 1. The van der Waals surface area contributed by atoms with Crippen molar-refractivity contribution in [3.8, 4) is 5.75 Å². The summed E-state index contributed by atoms with van der Waals surface area (Å²) < 4.78 is 5.73. The number of benzene rings is 1. The second-order valence-electron chi connectivity index (χ2n) is 3.97. The average molecular weight is 236 g/mol. The number of oxime groups is 1. The van der Waals surface area contributed by atoms with E-state index in [1.54, 1.807) is 6.07 Å². The molecule has 17 heavy (non-hydrogen) atoms. The zero-order valence-corrected chi connectivity index (χ0v) is 10.4. The van der Waals surface area contributed by atoms with Crippen LogP contribution in [0.2, 0.25) is 0 Å². The van der Waals surface area contributed by atoms with E-state index in [0.717, 1.165) is 12.8 Å². The van der Waals surface area contributed by atoms with Crippen LogP contribution in [0.25, 0.3) is 0 Å². The monoisotopic (exact) mass is 236 g/mol. The molecule has 0 saturated heterocycles. The molecular weight excluding hydrogens is 216 g/mol. The van der Waals surface area contributed by atoms with Gasteiger partial charge in [0.15, 0.2) is 5.84 Å². The first kappa shape index (κ1) is 13.4. The van der Waals surface area contributed by atoms with Crippen molar-refractivity contribution in [1.82, 2.24) is 0 Å². The van der Waals surface area contributed by atoms with Crippen LogP contribution in [0.4, 0.5) is 0 Å². The molecular formula is C13H20N2O2. The average Bonchev–Trinajstić information content (AvgIpc) is 2.39. The third-order valence-corrected chi connectivity index (χ3v) is 2.90. The maximum absolute atomic E-state index is 8.69. The van der Waals surface area contributed by atoms with Crippen molar-refractivity contribution in [2.24, 2.45) is 16.8 Å². The van der Waals surface area contributed by atoms with Gasteiger partial charge in [0.25, 0.3) is 0 Å². The Morgan fingerprint density at radius 3 is 2.59 bits per heavy atom. The normalized spacial score (nSPS) is 11.8. The third kappa shape index (κ3) is 3.66. The summed E-state index contributed by atoms with van der Waals surface area (Å²) in [6.45, 7) is 4.95. The van der Waals surface area contributed by atoms with Crippen molar-refractivity contribution in [3.63, 3.8) is 0 Å². The number of ether oxygens (including phenoxy) is 1. The number of amidine groups is 1. The zero-order valence-electron chi connectivity index (χ0n) is 10.4. The summed E-state index contributed by atoms with van der Waals surface area (Å²) >= 11 is 0. The molecule has 0 aliphatic heterocycles. The van der Waals surface area contributed by atoms with E-state index in [4.69, 9.17) is 15.7 Å².